The Balaban J connectivity index is 1.21. The van der Waals surface area contributed by atoms with Crippen LogP contribution in [0.4, 0.5) is 0 Å². The standard InChI is InChI=1S/C56H50N4O2/c1-39(41-18-5-3-6-19-41)59-55(53-49-28-11-9-22-43(49)30-32-51(53)61-37-47-26-13-15-34-57-47)45-24-17-25-46(36-45)56(60-40(2)42-20-7-4-8-21-42)54-50-29-12-10-23-44(50)31-33-52(54)62-38-48-27-14-16-35-58-48/h3-36,39-40,55-56,59-60H,37-38H2,1-2H3/t39-,40-,55-,56?/m0/s1. The van der Waals surface area contributed by atoms with Crippen LogP contribution >= 0.6 is 0 Å². The van der Waals surface area contributed by atoms with Crippen LogP contribution in [-0.4, -0.2) is 9.97 Å². The molecule has 9 rings (SSSR count). The minimum atomic E-state index is -0.269. The first-order valence-corrected chi connectivity index (χ1v) is 21.4. The average Bonchev–Trinajstić information content (AvgIpc) is 3.34. The molecule has 1 unspecified atom stereocenters. The number of nitrogens with zero attached hydrogens (tertiary/aromatic N) is 2. The minimum Gasteiger partial charge on any atom is -0.487 e. The highest BCUT2D eigenvalue weighted by Gasteiger charge is 2.28. The summed E-state index contributed by atoms with van der Waals surface area (Å²) < 4.78 is 13.5. The first kappa shape index (κ1) is 40.3. The maximum absolute atomic E-state index is 6.76. The predicted octanol–water partition coefficient (Wildman–Crippen LogP) is 12.8. The van der Waals surface area contributed by atoms with Crippen molar-refractivity contribution in [2.24, 2.45) is 0 Å². The maximum atomic E-state index is 6.76. The van der Waals surface area contributed by atoms with Crippen molar-refractivity contribution in [1.29, 1.82) is 0 Å². The topological polar surface area (TPSA) is 68.3 Å². The number of hydrogen-bond donors (Lipinski definition) is 2. The highest BCUT2D eigenvalue weighted by atomic mass is 16.5. The maximum Gasteiger partial charge on any atom is 0.130 e. The Kier molecular flexibility index (Phi) is 12.4. The zero-order valence-corrected chi connectivity index (χ0v) is 35.1. The van der Waals surface area contributed by atoms with Crippen molar-refractivity contribution < 1.29 is 9.47 Å². The van der Waals surface area contributed by atoms with E-state index < -0.39 is 0 Å². The fourth-order valence-electron chi connectivity index (χ4n) is 8.46. The molecule has 6 nitrogen and oxygen atoms in total. The van der Waals surface area contributed by atoms with Gasteiger partial charge in [-0.15, -0.1) is 0 Å². The molecule has 6 heteroatoms. The highest BCUT2D eigenvalue weighted by molar-refractivity contribution is 5.90. The van der Waals surface area contributed by atoms with E-state index in [0.29, 0.717) is 13.2 Å². The van der Waals surface area contributed by atoms with Gasteiger partial charge in [0.2, 0.25) is 0 Å². The third-order valence-electron chi connectivity index (χ3n) is 11.7. The molecule has 2 aromatic heterocycles. The third-order valence-corrected chi connectivity index (χ3v) is 11.7. The van der Waals surface area contributed by atoms with Gasteiger partial charge >= 0.3 is 0 Å². The molecule has 0 aliphatic rings. The summed E-state index contributed by atoms with van der Waals surface area (Å²) in [5, 5.41) is 12.7. The Morgan fingerprint density at radius 3 is 1.24 bits per heavy atom. The number of benzene rings is 7. The quantitative estimate of drug-likeness (QED) is 0.101. The lowest BCUT2D eigenvalue weighted by Crippen LogP contribution is -2.28. The number of rotatable bonds is 16. The lowest BCUT2D eigenvalue weighted by Gasteiger charge is -2.30. The molecule has 0 bridgehead atoms. The summed E-state index contributed by atoms with van der Waals surface area (Å²) in [6, 6.07) is 67.3. The SMILES string of the molecule is C[C@H](NC(c1cccc([C@H](N[C@@H](C)c2ccccc2)c2c(OCc3ccccn3)ccc3ccccc23)c1)c1c(OCc2ccccn2)ccc2ccccc12)c1ccccc1. The number of pyridine rings is 2. The summed E-state index contributed by atoms with van der Waals surface area (Å²) in [6.07, 6.45) is 3.62. The third kappa shape index (κ3) is 9.13. The lowest BCUT2D eigenvalue weighted by atomic mass is 9.87. The molecule has 0 radical (unpaired) electrons. The Labute approximate surface area is 364 Å². The molecule has 0 aliphatic heterocycles. The van der Waals surface area contributed by atoms with E-state index in [-0.39, 0.29) is 24.2 Å². The molecule has 0 amide bonds. The molecule has 4 atom stereocenters. The number of ether oxygens (including phenoxy) is 2. The van der Waals surface area contributed by atoms with Crippen LogP contribution in [0, 0.1) is 0 Å². The van der Waals surface area contributed by atoms with Gasteiger partial charge in [-0.25, -0.2) is 0 Å². The van der Waals surface area contributed by atoms with Gasteiger partial charge in [0.05, 0.1) is 23.5 Å². The fourth-order valence-corrected chi connectivity index (χ4v) is 8.46. The molecule has 9 aromatic rings. The first-order chi connectivity index (χ1) is 30.6. The number of hydrogen-bond acceptors (Lipinski definition) is 6. The van der Waals surface area contributed by atoms with E-state index in [9.17, 15) is 0 Å². The number of aromatic nitrogens is 2. The monoisotopic (exact) mass is 810 g/mol. The molecule has 2 N–H and O–H groups in total. The molecule has 306 valence electrons. The summed E-state index contributed by atoms with van der Waals surface area (Å²) in [4.78, 5) is 9.16. The zero-order valence-electron chi connectivity index (χ0n) is 35.1. The van der Waals surface area contributed by atoms with Crippen molar-refractivity contribution in [3.8, 4) is 11.5 Å². The fraction of sp³-hybridized carbons (Fsp3) is 0.143. The number of nitrogens with one attached hydrogen (secondary N) is 2. The van der Waals surface area contributed by atoms with Crippen molar-refractivity contribution in [3.63, 3.8) is 0 Å². The lowest BCUT2D eigenvalue weighted by molar-refractivity contribution is 0.295. The van der Waals surface area contributed by atoms with Gasteiger partial charge in [-0.05, 0) is 94.0 Å². The normalized spacial score (nSPS) is 13.3. The van der Waals surface area contributed by atoms with Crippen LogP contribution in [0.5, 0.6) is 11.5 Å². The van der Waals surface area contributed by atoms with Crippen LogP contribution < -0.4 is 20.1 Å². The van der Waals surface area contributed by atoms with E-state index in [1.807, 2.05) is 48.8 Å². The summed E-state index contributed by atoms with van der Waals surface area (Å²) in [6.45, 7) is 5.16. The molecule has 0 aliphatic carbocycles. The number of fused-ring (bicyclic) bond motifs is 2. The molecule has 0 saturated carbocycles. The molecule has 2 heterocycles. The summed E-state index contributed by atoms with van der Waals surface area (Å²) in [5.41, 5.74) is 8.51. The van der Waals surface area contributed by atoms with Gasteiger partial charge in [0.25, 0.3) is 0 Å². The van der Waals surface area contributed by atoms with Gasteiger partial charge in [-0.2, -0.15) is 0 Å². The second kappa shape index (κ2) is 19.1. The summed E-state index contributed by atoms with van der Waals surface area (Å²) in [7, 11) is 0. The first-order valence-electron chi connectivity index (χ1n) is 21.4. The van der Waals surface area contributed by atoms with Gasteiger partial charge in [0, 0.05) is 35.6 Å². The Morgan fingerprint density at radius 2 is 0.806 bits per heavy atom. The van der Waals surface area contributed by atoms with Gasteiger partial charge in [0.1, 0.15) is 24.7 Å². The van der Waals surface area contributed by atoms with Gasteiger partial charge < -0.3 is 9.47 Å². The van der Waals surface area contributed by atoms with Gasteiger partial charge in [-0.3, -0.25) is 20.6 Å². The second-order valence-corrected chi connectivity index (χ2v) is 15.8. The van der Waals surface area contributed by atoms with Crippen LogP contribution in [0.15, 0.2) is 207 Å². The van der Waals surface area contributed by atoms with Crippen LogP contribution in [-0.2, 0) is 13.2 Å². The molecule has 0 saturated heterocycles. The van der Waals surface area contributed by atoms with Crippen molar-refractivity contribution >= 4 is 21.5 Å². The van der Waals surface area contributed by atoms with Crippen molar-refractivity contribution in [3.05, 3.63) is 251 Å². The molecular formula is C56H50N4O2. The Bertz CT molecular complexity index is 2660. The molecule has 62 heavy (non-hydrogen) atoms. The average molecular weight is 811 g/mol. The smallest absolute Gasteiger partial charge is 0.130 e. The van der Waals surface area contributed by atoms with Crippen LogP contribution in [0.2, 0.25) is 0 Å². The zero-order chi connectivity index (χ0) is 42.1. The van der Waals surface area contributed by atoms with E-state index in [4.69, 9.17) is 9.47 Å². The van der Waals surface area contributed by atoms with E-state index in [0.717, 1.165) is 66.7 Å². The van der Waals surface area contributed by atoms with Crippen molar-refractivity contribution in [1.82, 2.24) is 20.6 Å². The summed E-state index contributed by atoms with van der Waals surface area (Å²) in [5.74, 6) is 1.62. The van der Waals surface area contributed by atoms with Gasteiger partial charge in [-0.1, -0.05) is 158 Å². The van der Waals surface area contributed by atoms with Crippen molar-refractivity contribution in [2.45, 2.75) is 51.2 Å². The molecule has 0 spiro atoms. The minimum absolute atomic E-state index is 0.00385. The van der Waals surface area contributed by atoms with E-state index in [2.05, 4.69) is 192 Å². The van der Waals surface area contributed by atoms with Crippen LogP contribution in [0.3, 0.4) is 0 Å². The van der Waals surface area contributed by atoms with Crippen molar-refractivity contribution in [2.75, 3.05) is 0 Å². The largest absolute Gasteiger partial charge is 0.487 e. The van der Waals surface area contributed by atoms with E-state index in [1.165, 1.54) is 11.1 Å². The highest BCUT2D eigenvalue weighted by Crippen LogP contribution is 2.42. The molecule has 0 fully saturated rings. The summed E-state index contributed by atoms with van der Waals surface area (Å²) >= 11 is 0. The predicted molar refractivity (Wildman–Crippen MR) is 251 cm³/mol. The van der Waals surface area contributed by atoms with Crippen LogP contribution in [0.1, 0.15) is 82.8 Å². The van der Waals surface area contributed by atoms with Crippen LogP contribution in [0.25, 0.3) is 21.5 Å². The Hall–Kier alpha value is -7.12. The Morgan fingerprint density at radius 1 is 0.403 bits per heavy atom. The van der Waals surface area contributed by atoms with E-state index in [1.54, 1.807) is 0 Å². The second-order valence-electron chi connectivity index (χ2n) is 15.8. The molecule has 7 aromatic carbocycles. The molecular weight excluding hydrogens is 761 g/mol. The van der Waals surface area contributed by atoms with E-state index >= 15 is 0 Å². The van der Waals surface area contributed by atoms with Gasteiger partial charge in [0.15, 0.2) is 0 Å².